The van der Waals surface area contributed by atoms with E-state index in [0.29, 0.717) is 19.0 Å². The maximum atomic E-state index is 9.74. The zero-order chi connectivity index (χ0) is 14.0. The molecular formula is C13H10N4O3. The van der Waals surface area contributed by atoms with Gasteiger partial charge < -0.3 is 19.6 Å². The van der Waals surface area contributed by atoms with E-state index in [0.717, 1.165) is 0 Å². The van der Waals surface area contributed by atoms with Gasteiger partial charge in [0.25, 0.3) is 5.91 Å². The molecule has 20 heavy (non-hydrogen) atoms. The fraction of sp³-hybridized carbons (Fsp3) is 0.462. The number of rotatable bonds is 1. The molecule has 0 radical (unpaired) electrons. The Morgan fingerprint density at radius 3 is 2.60 bits per heavy atom. The number of fused-ring (bicyclic) bond motifs is 2. The molecule has 2 fully saturated rings. The molecule has 7 nitrogen and oxygen atoms in total. The smallest absolute Gasteiger partial charge is 0.293 e. The monoisotopic (exact) mass is 270 g/mol. The van der Waals surface area contributed by atoms with Crippen molar-refractivity contribution in [3.05, 3.63) is 24.2 Å². The minimum atomic E-state index is -1.49. The Hall–Kier alpha value is -2.35. The first-order valence-electron chi connectivity index (χ1n) is 6.18. The van der Waals surface area contributed by atoms with Crippen molar-refractivity contribution in [3.63, 3.8) is 0 Å². The van der Waals surface area contributed by atoms with Crippen LogP contribution in [-0.2, 0) is 9.47 Å². The average molecular weight is 270 g/mol. The first kappa shape index (κ1) is 11.5. The van der Waals surface area contributed by atoms with Crippen molar-refractivity contribution in [1.82, 2.24) is 0 Å². The van der Waals surface area contributed by atoms with Crippen molar-refractivity contribution in [2.45, 2.75) is 11.8 Å². The number of furan rings is 1. The van der Waals surface area contributed by atoms with E-state index in [-0.39, 0.29) is 5.84 Å². The Bertz CT molecular complexity index is 692. The summed E-state index contributed by atoms with van der Waals surface area (Å²) in [6.45, 7) is 0.624. The van der Waals surface area contributed by atoms with Crippen molar-refractivity contribution in [2.24, 2.45) is 21.6 Å². The van der Waals surface area contributed by atoms with E-state index in [2.05, 4.69) is 17.1 Å². The van der Waals surface area contributed by atoms with E-state index in [1.165, 1.54) is 6.26 Å². The lowest BCUT2D eigenvalue weighted by molar-refractivity contribution is -0.184. The Kier molecular flexibility index (Phi) is 1.84. The minimum absolute atomic E-state index is 0.0739. The van der Waals surface area contributed by atoms with Gasteiger partial charge in [-0.3, -0.25) is 0 Å². The van der Waals surface area contributed by atoms with Crippen LogP contribution in [0.2, 0.25) is 0 Å². The average Bonchev–Trinajstić information content (AvgIpc) is 2.93. The number of aliphatic imine (C=N–C) groups is 1. The van der Waals surface area contributed by atoms with Crippen molar-refractivity contribution >= 4 is 5.84 Å². The maximum absolute atomic E-state index is 9.74. The number of hydrogen-bond acceptors (Lipinski definition) is 7. The topological polar surface area (TPSA) is 118 Å². The standard InChI is InChI=1S/C13H10N4O3/c14-6-11-9(8-2-1-3-18-8)12(11,7-15)13(17-10(11)16)19-4-5-20-13/h1-3,9H,4-5H2,(H2,16,17)/t9-,11-,12-/m0/s1. The van der Waals surface area contributed by atoms with Crippen LogP contribution in [0.5, 0.6) is 0 Å². The Morgan fingerprint density at radius 1 is 1.30 bits per heavy atom. The highest BCUT2D eigenvalue weighted by molar-refractivity contribution is 6.00. The number of nitriles is 2. The van der Waals surface area contributed by atoms with Crippen LogP contribution in [0.3, 0.4) is 0 Å². The van der Waals surface area contributed by atoms with Gasteiger partial charge in [0.1, 0.15) is 11.6 Å². The summed E-state index contributed by atoms with van der Waals surface area (Å²) in [5, 5.41) is 19.4. The van der Waals surface area contributed by atoms with Crippen molar-refractivity contribution in [1.29, 1.82) is 10.5 Å². The third kappa shape index (κ3) is 0.856. The van der Waals surface area contributed by atoms with Gasteiger partial charge in [-0.2, -0.15) is 10.5 Å². The van der Waals surface area contributed by atoms with Gasteiger partial charge in [0.2, 0.25) is 0 Å². The second kappa shape index (κ2) is 3.21. The van der Waals surface area contributed by atoms with Gasteiger partial charge in [-0.1, -0.05) is 0 Å². The molecule has 1 spiro atoms. The lowest BCUT2D eigenvalue weighted by Crippen LogP contribution is -2.38. The number of amidine groups is 1. The van der Waals surface area contributed by atoms with Gasteiger partial charge in [0.15, 0.2) is 10.8 Å². The predicted molar refractivity (Wildman–Crippen MR) is 63.8 cm³/mol. The Balaban J connectivity index is 1.96. The lowest BCUT2D eigenvalue weighted by Gasteiger charge is -2.25. The first-order valence-corrected chi connectivity index (χ1v) is 6.18. The lowest BCUT2D eigenvalue weighted by atomic mass is 9.94. The molecule has 3 atom stereocenters. The molecule has 0 amide bonds. The van der Waals surface area contributed by atoms with E-state index < -0.39 is 22.7 Å². The summed E-state index contributed by atoms with van der Waals surface area (Å²) < 4.78 is 16.5. The summed E-state index contributed by atoms with van der Waals surface area (Å²) in [5.41, 5.74) is 3.42. The number of ether oxygens (including phenoxy) is 2. The van der Waals surface area contributed by atoms with Crippen molar-refractivity contribution in [3.8, 4) is 12.1 Å². The van der Waals surface area contributed by atoms with Gasteiger partial charge >= 0.3 is 0 Å². The van der Waals surface area contributed by atoms with E-state index >= 15 is 0 Å². The van der Waals surface area contributed by atoms with Crippen LogP contribution in [0.4, 0.5) is 0 Å². The molecule has 0 unspecified atom stereocenters. The summed E-state index contributed by atoms with van der Waals surface area (Å²) in [6.07, 6.45) is 1.50. The van der Waals surface area contributed by atoms with Gasteiger partial charge in [0.05, 0.1) is 37.5 Å². The largest absolute Gasteiger partial charge is 0.469 e. The van der Waals surface area contributed by atoms with Crippen LogP contribution in [-0.4, -0.2) is 25.0 Å². The summed E-state index contributed by atoms with van der Waals surface area (Å²) in [4.78, 5) is 4.16. The molecule has 0 aromatic carbocycles. The molecule has 7 heteroatoms. The second-order valence-electron chi connectivity index (χ2n) is 5.06. The minimum Gasteiger partial charge on any atom is -0.469 e. The molecule has 4 rings (SSSR count). The van der Waals surface area contributed by atoms with E-state index in [1.54, 1.807) is 12.1 Å². The molecule has 1 saturated heterocycles. The fourth-order valence-electron chi connectivity index (χ4n) is 3.60. The zero-order valence-electron chi connectivity index (χ0n) is 10.4. The molecule has 0 bridgehead atoms. The Labute approximate surface area is 114 Å². The molecule has 100 valence electrons. The van der Waals surface area contributed by atoms with Crippen LogP contribution in [0.25, 0.3) is 0 Å². The molecule has 1 aliphatic carbocycles. The summed E-state index contributed by atoms with van der Waals surface area (Å²) in [5.74, 6) is -1.43. The Morgan fingerprint density at radius 2 is 2.05 bits per heavy atom. The quantitative estimate of drug-likeness (QED) is 0.792. The van der Waals surface area contributed by atoms with Crippen LogP contribution >= 0.6 is 0 Å². The SMILES string of the molecule is N#C[C@]12C(N)=NC3(OCCO3)[C@@]1(C#N)[C@H]2c1ccco1. The highest BCUT2D eigenvalue weighted by Gasteiger charge is 2.95. The van der Waals surface area contributed by atoms with E-state index in [4.69, 9.17) is 19.6 Å². The normalized spacial score (nSPS) is 39.9. The van der Waals surface area contributed by atoms with Crippen molar-refractivity contribution < 1.29 is 13.9 Å². The first-order chi connectivity index (χ1) is 9.68. The van der Waals surface area contributed by atoms with E-state index in [9.17, 15) is 10.5 Å². The molecular weight excluding hydrogens is 260 g/mol. The highest BCUT2D eigenvalue weighted by atomic mass is 16.8. The molecule has 2 N–H and O–H groups in total. The van der Waals surface area contributed by atoms with Crippen LogP contribution in [0, 0.1) is 33.5 Å². The summed E-state index contributed by atoms with van der Waals surface area (Å²) in [6, 6.07) is 7.75. The molecule has 1 aromatic heterocycles. The van der Waals surface area contributed by atoms with Crippen LogP contribution in [0.1, 0.15) is 11.7 Å². The number of nitrogens with zero attached hydrogens (tertiary/aromatic N) is 3. The second-order valence-corrected chi connectivity index (χ2v) is 5.06. The van der Waals surface area contributed by atoms with Crippen molar-refractivity contribution in [2.75, 3.05) is 13.2 Å². The molecule has 3 heterocycles. The van der Waals surface area contributed by atoms with Gasteiger partial charge in [-0.15, -0.1) is 0 Å². The summed E-state index contributed by atoms with van der Waals surface area (Å²) >= 11 is 0. The molecule has 1 saturated carbocycles. The van der Waals surface area contributed by atoms with Crippen LogP contribution in [0.15, 0.2) is 27.8 Å². The maximum Gasteiger partial charge on any atom is 0.293 e. The summed E-state index contributed by atoms with van der Waals surface area (Å²) in [7, 11) is 0. The van der Waals surface area contributed by atoms with Gasteiger partial charge in [0, 0.05) is 0 Å². The third-order valence-electron chi connectivity index (χ3n) is 4.43. The van der Waals surface area contributed by atoms with Gasteiger partial charge in [-0.25, -0.2) is 4.99 Å². The predicted octanol–water partition coefficient (Wildman–Crippen LogP) is 0.468. The van der Waals surface area contributed by atoms with E-state index in [1.807, 2.05) is 0 Å². The molecule has 1 aromatic rings. The zero-order valence-corrected chi connectivity index (χ0v) is 10.4. The third-order valence-corrected chi connectivity index (χ3v) is 4.43. The molecule has 3 aliphatic rings. The van der Waals surface area contributed by atoms with Gasteiger partial charge in [-0.05, 0) is 12.1 Å². The highest BCUT2D eigenvalue weighted by Crippen LogP contribution is 2.82. The van der Waals surface area contributed by atoms with Crippen LogP contribution < -0.4 is 5.73 Å². The number of nitrogens with two attached hydrogens (primary N) is 1. The molecule has 2 aliphatic heterocycles. The number of hydrogen-bond donors (Lipinski definition) is 1. The fourth-order valence-corrected chi connectivity index (χ4v) is 3.60.